The first kappa shape index (κ1) is 16.9. The third-order valence-corrected chi connectivity index (χ3v) is 2.83. The first-order valence-electron chi connectivity index (χ1n) is 6.76. The summed E-state index contributed by atoms with van der Waals surface area (Å²) in [4.78, 5) is 34.4. The average molecular weight is 330 g/mol. The zero-order valence-corrected chi connectivity index (χ0v) is 13.0. The van der Waals surface area contributed by atoms with Crippen LogP contribution in [-0.2, 0) is 19.1 Å². The van der Waals surface area contributed by atoms with E-state index in [4.69, 9.17) is 4.74 Å². The predicted molar refractivity (Wildman–Crippen MR) is 81.7 cm³/mol. The van der Waals surface area contributed by atoms with Gasteiger partial charge in [0, 0.05) is 18.2 Å². The molecule has 0 aliphatic heterocycles. The van der Waals surface area contributed by atoms with E-state index in [0.717, 1.165) is 12.2 Å². The second-order valence-electron chi connectivity index (χ2n) is 4.38. The number of methoxy groups -OCH3 is 2. The first-order chi connectivity index (χ1) is 11.5. The van der Waals surface area contributed by atoms with Crippen molar-refractivity contribution in [1.29, 1.82) is 0 Å². The molecule has 0 bridgehead atoms. The van der Waals surface area contributed by atoms with Crippen LogP contribution < -0.4 is 4.74 Å². The van der Waals surface area contributed by atoms with Gasteiger partial charge >= 0.3 is 17.9 Å². The Balaban J connectivity index is 2.32. The van der Waals surface area contributed by atoms with Crippen molar-refractivity contribution < 1.29 is 28.6 Å². The summed E-state index contributed by atoms with van der Waals surface area (Å²) in [7, 11) is 2.40. The number of hydrogen-bond acceptors (Lipinski definition) is 7. The fourth-order valence-corrected chi connectivity index (χ4v) is 1.74. The molecule has 0 aliphatic carbocycles. The highest BCUT2D eigenvalue weighted by atomic mass is 16.5. The lowest BCUT2D eigenvalue weighted by Crippen LogP contribution is -2.09. The Hall–Kier alpha value is -3.42. The third kappa shape index (κ3) is 4.07. The molecule has 8 nitrogen and oxygen atoms in total. The van der Waals surface area contributed by atoms with Crippen molar-refractivity contribution in [2.24, 2.45) is 0 Å². The van der Waals surface area contributed by atoms with Crippen molar-refractivity contribution in [3.8, 4) is 11.6 Å². The number of carbonyl (C=O) groups is 3. The first-order valence-corrected chi connectivity index (χ1v) is 6.76. The molecular formula is C16H14N2O6. The van der Waals surface area contributed by atoms with Gasteiger partial charge in [-0.1, -0.05) is 18.2 Å². The van der Waals surface area contributed by atoms with E-state index in [9.17, 15) is 14.4 Å². The van der Waals surface area contributed by atoms with Crippen molar-refractivity contribution in [3.05, 3.63) is 54.2 Å². The van der Waals surface area contributed by atoms with Gasteiger partial charge in [0.1, 0.15) is 0 Å². The van der Waals surface area contributed by atoms with Crippen LogP contribution in [-0.4, -0.2) is 41.9 Å². The molecule has 124 valence electrons. The second-order valence-corrected chi connectivity index (χ2v) is 4.38. The van der Waals surface area contributed by atoms with Crippen LogP contribution in [0.1, 0.15) is 10.5 Å². The lowest BCUT2D eigenvalue weighted by atomic mass is 10.3. The fourth-order valence-electron chi connectivity index (χ4n) is 1.74. The molecule has 0 unspecified atom stereocenters. The molecule has 0 amide bonds. The smallest absolute Gasteiger partial charge is 0.358 e. The van der Waals surface area contributed by atoms with Crippen molar-refractivity contribution in [2.45, 2.75) is 0 Å². The Bertz CT molecular complexity index is 779. The SMILES string of the molecule is COC(=O)/C=C/C(=O)Oc1cc(C(=O)OC)nn1-c1ccccc1. The second kappa shape index (κ2) is 7.73. The summed E-state index contributed by atoms with van der Waals surface area (Å²) >= 11 is 0. The number of benzene rings is 1. The van der Waals surface area contributed by atoms with Crippen LogP contribution in [0.4, 0.5) is 0 Å². The van der Waals surface area contributed by atoms with Gasteiger partial charge in [-0.15, -0.1) is 0 Å². The molecule has 0 N–H and O–H groups in total. The van der Waals surface area contributed by atoms with E-state index in [2.05, 4.69) is 14.6 Å². The van der Waals surface area contributed by atoms with E-state index in [1.54, 1.807) is 30.3 Å². The minimum Gasteiger partial charge on any atom is -0.466 e. The molecule has 0 radical (unpaired) electrons. The maximum absolute atomic E-state index is 11.8. The molecule has 1 aromatic heterocycles. The van der Waals surface area contributed by atoms with E-state index in [0.29, 0.717) is 5.69 Å². The highest BCUT2D eigenvalue weighted by Gasteiger charge is 2.18. The Kier molecular flexibility index (Phi) is 5.45. The lowest BCUT2D eigenvalue weighted by molar-refractivity contribution is -0.135. The van der Waals surface area contributed by atoms with Crippen molar-refractivity contribution >= 4 is 17.9 Å². The largest absolute Gasteiger partial charge is 0.466 e. The maximum Gasteiger partial charge on any atom is 0.358 e. The Morgan fingerprint density at radius 1 is 1.00 bits per heavy atom. The van der Waals surface area contributed by atoms with E-state index in [1.165, 1.54) is 25.0 Å². The standard InChI is InChI=1S/C16H14N2O6/c1-22-14(19)8-9-15(20)24-13-10-12(16(21)23-2)17-18(13)11-6-4-3-5-7-11/h3-10H,1-2H3/b9-8+. The van der Waals surface area contributed by atoms with E-state index in [1.807, 2.05) is 0 Å². The van der Waals surface area contributed by atoms with Crippen LogP contribution >= 0.6 is 0 Å². The topological polar surface area (TPSA) is 96.7 Å². The summed E-state index contributed by atoms with van der Waals surface area (Å²) in [5.41, 5.74) is 0.550. The maximum atomic E-state index is 11.8. The van der Waals surface area contributed by atoms with Gasteiger partial charge in [0.2, 0.25) is 5.88 Å². The van der Waals surface area contributed by atoms with Gasteiger partial charge in [0.15, 0.2) is 5.69 Å². The van der Waals surface area contributed by atoms with Gasteiger partial charge in [0.05, 0.1) is 19.9 Å². The third-order valence-electron chi connectivity index (χ3n) is 2.83. The highest BCUT2D eigenvalue weighted by Crippen LogP contribution is 2.20. The predicted octanol–water partition coefficient (Wildman–Crippen LogP) is 1.29. The number of rotatable bonds is 5. The number of para-hydroxylation sites is 1. The summed E-state index contributed by atoms with van der Waals surface area (Å²) < 4.78 is 15.4. The van der Waals surface area contributed by atoms with E-state index >= 15 is 0 Å². The molecule has 1 aromatic carbocycles. The van der Waals surface area contributed by atoms with Crippen molar-refractivity contribution in [2.75, 3.05) is 14.2 Å². The normalized spacial score (nSPS) is 10.4. The minimum absolute atomic E-state index is 0.00103. The number of carbonyl (C=O) groups excluding carboxylic acids is 3. The van der Waals surface area contributed by atoms with Crippen LogP contribution in [0.5, 0.6) is 5.88 Å². The summed E-state index contributed by atoms with van der Waals surface area (Å²) in [5.74, 6) is -2.19. The quantitative estimate of drug-likeness (QED) is 0.602. The fraction of sp³-hybridized carbons (Fsp3) is 0.125. The van der Waals surface area contributed by atoms with Crippen LogP contribution in [0.15, 0.2) is 48.6 Å². The highest BCUT2D eigenvalue weighted by molar-refractivity contribution is 5.93. The molecular weight excluding hydrogens is 316 g/mol. The molecule has 1 heterocycles. The zero-order chi connectivity index (χ0) is 17.5. The van der Waals surface area contributed by atoms with Gasteiger partial charge in [-0.2, -0.15) is 9.78 Å². The zero-order valence-electron chi connectivity index (χ0n) is 13.0. The number of aromatic nitrogens is 2. The van der Waals surface area contributed by atoms with Crippen LogP contribution in [0.3, 0.4) is 0 Å². The molecule has 0 spiro atoms. The van der Waals surface area contributed by atoms with Gasteiger partial charge in [0.25, 0.3) is 0 Å². The molecule has 2 aromatic rings. The molecule has 0 saturated heterocycles. The minimum atomic E-state index is -0.825. The Morgan fingerprint density at radius 2 is 1.67 bits per heavy atom. The van der Waals surface area contributed by atoms with Gasteiger partial charge in [-0.3, -0.25) is 0 Å². The van der Waals surface area contributed by atoms with Crippen LogP contribution in [0.25, 0.3) is 5.69 Å². The number of ether oxygens (including phenoxy) is 3. The summed E-state index contributed by atoms with van der Waals surface area (Å²) in [6.45, 7) is 0. The van der Waals surface area contributed by atoms with Crippen molar-refractivity contribution in [3.63, 3.8) is 0 Å². The molecule has 0 aliphatic rings. The van der Waals surface area contributed by atoms with Crippen LogP contribution in [0.2, 0.25) is 0 Å². The molecule has 24 heavy (non-hydrogen) atoms. The average Bonchev–Trinajstić information content (AvgIpc) is 3.03. The number of hydrogen-bond donors (Lipinski definition) is 0. The van der Waals surface area contributed by atoms with Crippen molar-refractivity contribution in [1.82, 2.24) is 9.78 Å². The number of esters is 3. The number of nitrogens with zero attached hydrogens (tertiary/aromatic N) is 2. The molecule has 8 heteroatoms. The van der Waals surface area contributed by atoms with Gasteiger partial charge in [-0.05, 0) is 12.1 Å². The van der Waals surface area contributed by atoms with Crippen LogP contribution in [0, 0.1) is 0 Å². The Labute approximate surface area is 137 Å². The molecule has 0 fully saturated rings. The van der Waals surface area contributed by atoms with Gasteiger partial charge < -0.3 is 14.2 Å². The molecule has 0 atom stereocenters. The van der Waals surface area contributed by atoms with Gasteiger partial charge in [-0.25, -0.2) is 14.4 Å². The Morgan fingerprint density at radius 3 is 2.29 bits per heavy atom. The summed E-state index contributed by atoms with van der Waals surface area (Å²) in [5, 5.41) is 4.06. The van der Waals surface area contributed by atoms with E-state index in [-0.39, 0.29) is 11.6 Å². The summed E-state index contributed by atoms with van der Waals surface area (Å²) in [6.07, 6.45) is 1.83. The van der Waals surface area contributed by atoms with E-state index < -0.39 is 17.9 Å². The summed E-state index contributed by atoms with van der Waals surface area (Å²) in [6, 6.07) is 10.0. The lowest BCUT2D eigenvalue weighted by Gasteiger charge is -2.06. The molecule has 2 rings (SSSR count). The molecule has 0 saturated carbocycles. The monoisotopic (exact) mass is 330 g/mol.